The average molecular weight is 326 g/mol. The van der Waals surface area contributed by atoms with Crippen molar-refractivity contribution < 1.29 is 30.6 Å². The molecule has 4 bridgehead atoms. The van der Waals surface area contributed by atoms with Gasteiger partial charge < -0.3 is 4.18 Å². The van der Waals surface area contributed by atoms with Crippen molar-refractivity contribution in [1.82, 2.24) is 0 Å². The molecule has 4 nitrogen and oxygen atoms in total. The van der Waals surface area contributed by atoms with Crippen LogP contribution in [-0.2, 0) is 19.1 Å². The quantitative estimate of drug-likeness (QED) is 0.591. The number of carbonyl (C=O) groups is 1. The summed E-state index contributed by atoms with van der Waals surface area (Å²) in [6.07, 6.45) is 5.60. The predicted molar refractivity (Wildman–Crippen MR) is 66.3 cm³/mol. The molecule has 0 amide bonds. The van der Waals surface area contributed by atoms with Gasteiger partial charge in [-0.05, 0) is 61.7 Å². The number of hydrogen-bond acceptors (Lipinski definition) is 4. The normalized spacial score (nSPS) is 38.5. The molecule has 4 aliphatic carbocycles. The maximum Gasteiger partial charge on any atom is 0.534 e. The number of rotatable bonds is 3. The third-order valence-electron chi connectivity index (χ3n) is 5.17. The van der Waals surface area contributed by atoms with Crippen LogP contribution in [0.3, 0.4) is 0 Å². The smallest absolute Gasteiger partial charge is 0.339 e. The molecule has 4 fully saturated rings. The Bertz CT molecular complexity index is 517. The molecule has 0 radical (unpaired) electrons. The number of alkyl halides is 3. The van der Waals surface area contributed by atoms with Gasteiger partial charge in [-0.1, -0.05) is 0 Å². The summed E-state index contributed by atoms with van der Waals surface area (Å²) in [5.41, 5.74) is -5.89. The SMILES string of the molecule is O=C(CC12CC3CC(CC(C3)C1)C2)OS(=O)(=O)C(F)(F)F. The number of carbonyl (C=O) groups excluding carboxylic acids is 1. The van der Waals surface area contributed by atoms with Crippen molar-refractivity contribution in [2.45, 2.75) is 50.5 Å². The van der Waals surface area contributed by atoms with Crippen LogP contribution in [0.5, 0.6) is 0 Å². The lowest BCUT2D eigenvalue weighted by atomic mass is 9.49. The van der Waals surface area contributed by atoms with Gasteiger partial charge in [0.1, 0.15) is 0 Å². The van der Waals surface area contributed by atoms with E-state index >= 15 is 0 Å². The van der Waals surface area contributed by atoms with E-state index in [-0.39, 0.29) is 11.8 Å². The lowest BCUT2D eigenvalue weighted by Gasteiger charge is -2.56. The summed E-state index contributed by atoms with van der Waals surface area (Å²) in [5, 5.41) is 0. The summed E-state index contributed by atoms with van der Waals surface area (Å²) in [4.78, 5) is 11.7. The van der Waals surface area contributed by atoms with Gasteiger partial charge in [-0.25, -0.2) is 0 Å². The Kier molecular flexibility index (Phi) is 3.31. The molecular weight excluding hydrogens is 309 g/mol. The first-order valence-electron chi connectivity index (χ1n) is 7.12. The predicted octanol–water partition coefficient (Wildman–Crippen LogP) is 2.99. The van der Waals surface area contributed by atoms with Crippen molar-refractivity contribution in [3.8, 4) is 0 Å². The molecule has 0 unspecified atom stereocenters. The van der Waals surface area contributed by atoms with Gasteiger partial charge in [0.25, 0.3) is 0 Å². The Morgan fingerprint density at radius 3 is 1.86 bits per heavy atom. The molecule has 0 aromatic carbocycles. The zero-order valence-corrected chi connectivity index (χ0v) is 12.2. The van der Waals surface area contributed by atoms with Crippen molar-refractivity contribution in [2.24, 2.45) is 23.2 Å². The lowest BCUT2D eigenvalue weighted by Crippen LogP contribution is -2.47. The summed E-state index contributed by atoms with van der Waals surface area (Å²) < 4.78 is 62.2. The summed E-state index contributed by atoms with van der Waals surface area (Å²) in [6.45, 7) is 0. The first-order chi connectivity index (χ1) is 9.59. The first-order valence-corrected chi connectivity index (χ1v) is 8.53. The Hall–Kier alpha value is -0.790. The van der Waals surface area contributed by atoms with Gasteiger partial charge in [-0.2, -0.15) is 21.6 Å². The molecular formula is C13H17F3O4S. The van der Waals surface area contributed by atoms with Crippen LogP contribution in [0.4, 0.5) is 13.2 Å². The Balaban J connectivity index is 1.68. The number of hydrogen-bond donors (Lipinski definition) is 0. The van der Waals surface area contributed by atoms with E-state index in [0.717, 1.165) is 38.5 Å². The largest absolute Gasteiger partial charge is 0.534 e. The second kappa shape index (κ2) is 4.60. The third-order valence-corrected chi connectivity index (χ3v) is 6.14. The van der Waals surface area contributed by atoms with Gasteiger partial charge in [0.05, 0.1) is 6.42 Å². The van der Waals surface area contributed by atoms with E-state index in [0.29, 0.717) is 17.8 Å². The minimum atomic E-state index is -5.83. The van der Waals surface area contributed by atoms with E-state index in [1.54, 1.807) is 0 Å². The monoisotopic (exact) mass is 326 g/mol. The fourth-order valence-corrected chi connectivity index (χ4v) is 5.41. The van der Waals surface area contributed by atoms with Crippen molar-refractivity contribution in [2.75, 3.05) is 0 Å². The molecule has 21 heavy (non-hydrogen) atoms. The molecule has 0 saturated heterocycles. The second-order valence-electron chi connectivity index (χ2n) is 6.95. The Labute approximate surface area is 121 Å². The van der Waals surface area contributed by atoms with E-state index in [2.05, 4.69) is 4.18 Å². The highest BCUT2D eigenvalue weighted by Gasteiger charge is 2.54. The molecule has 0 aliphatic heterocycles. The zero-order chi connectivity index (χ0) is 15.5. The summed E-state index contributed by atoms with van der Waals surface area (Å²) in [5.74, 6) is 0.323. The zero-order valence-electron chi connectivity index (χ0n) is 11.4. The summed E-state index contributed by atoms with van der Waals surface area (Å²) in [6, 6.07) is 0. The molecule has 120 valence electrons. The van der Waals surface area contributed by atoms with Crippen LogP contribution in [0.1, 0.15) is 44.9 Å². The van der Waals surface area contributed by atoms with E-state index in [1.807, 2.05) is 0 Å². The molecule has 4 rings (SSSR count). The van der Waals surface area contributed by atoms with Crippen LogP contribution >= 0.6 is 0 Å². The van der Waals surface area contributed by atoms with Gasteiger partial charge >= 0.3 is 21.6 Å². The topological polar surface area (TPSA) is 60.4 Å². The van der Waals surface area contributed by atoms with Crippen LogP contribution < -0.4 is 0 Å². The molecule has 0 N–H and O–H groups in total. The highest BCUT2D eigenvalue weighted by atomic mass is 32.2. The maximum atomic E-state index is 12.2. The molecule has 0 spiro atoms. The molecule has 0 aromatic rings. The number of halogens is 3. The van der Waals surface area contributed by atoms with Crippen molar-refractivity contribution in [3.63, 3.8) is 0 Å². The Morgan fingerprint density at radius 1 is 1.05 bits per heavy atom. The van der Waals surface area contributed by atoms with Crippen molar-refractivity contribution >= 4 is 16.1 Å². The molecule has 0 atom stereocenters. The molecule has 0 heterocycles. The summed E-state index contributed by atoms with van der Waals surface area (Å²) in [7, 11) is -5.83. The van der Waals surface area contributed by atoms with E-state index in [9.17, 15) is 26.4 Å². The highest BCUT2D eigenvalue weighted by Crippen LogP contribution is 2.61. The fourth-order valence-electron chi connectivity index (χ4n) is 5.01. The van der Waals surface area contributed by atoms with Crippen LogP contribution in [0, 0.1) is 23.2 Å². The van der Waals surface area contributed by atoms with Crippen molar-refractivity contribution in [1.29, 1.82) is 0 Å². The average Bonchev–Trinajstić information content (AvgIpc) is 2.22. The minimum Gasteiger partial charge on any atom is -0.339 e. The van der Waals surface area contributed by atoms with E-state index in [1.165, 1.54) is 0 Å². The van der Waals surface area contributed by atoms with Crippen LogP contribution in [0.25, 0.3) is 0 Å². The van der Waals surface area contributed by atoms with Gasteiger partial charge in [0.15, 0.2) is 0 Å². The fraction of sp³-hybridized carbons (Fsp3) is 0.923. The molecule has 4 saturated carbocycles. The van der Waals surface area contributed by atoms with E-state index in [4.69, 9.17) is 0 Å². The first kappa shape index (κ1) is 15.1. The molecule has 0 aromatic heterocycles. The van der Waals surface area contributed by atoms with Gasteiger partial charge in [0, 0.05) is 0 Å². The van der Waals surface area contributed by atoms with Crippen molar-refractivity contribution in [3.05, 3.63) is 0 Å². The van der Waals surface area contributed by atoms with Gasteiger partial charge in [-0.3, -0.25) is 4.79 Å². The maximum absolute atomic E-state index is 12.2. The van der Waals surface area contributed by atoms with Crippen LogP contribution in [0.2, 0.25) is 0 Å². The molecule has 4 aliphatic rings. The third kappa shape index (κ3) is 2.78. The van der Waals surface area contributed by atoms with Crippen LogP contribution in [0.15, 0.2) is 0 Å². The highest BCUT2D eigenvalue weighted by molar-refractivity contribution is 7.88. The second-order valence-corrected chi connectivity index (χ2v) is 8.49. The minimum absolute atomic E-state index is 0.216. The van der Waals surface area contributed by atoms with E-state index < -0.39 is 21.6 Å². The lowest BCUT2D eigenvalue weighted by molar-refractivity contribution is -0.144. The van der Waals surface area contributed by atoms with Gasteiger partial charge in [-0.15, -0.1) is 0 Å². The summed E-state index contributed by atoms with van der Waals surface area (Å²) >= 11 is 0. The standard InChI is InChI=1S/C13H17F3O4S/c14-13(15,16)21(18,19)20-11(17)7-12-4-8-1-9(5-12)3-10(2-8)6-12/h8-10H,1-7H2. The Morgan fingerprint density at radius 2 is 1.48 bits per heavy atom. The molecule has 8 heteroatoms. The van der Waals surface area contributed by atoms with Gasteiger partial charge in [0.2, 0.25) is 0 Å². The van der Waals surface area contributed by atoms with Crippen LogP contribution in [-0.4, -0.2) is 19.9 Å².